The number of hydrogen-bond acceptors (Lipinski definition) is 6. The molecule has 2 aliphatic heterocycles. The van der Waals surface area contributed by atoms with Crippen LogP contribution in [0.15, 0.2) is 35.2 Å². The zero-order chi connectivity index (χ0) is 24.0. The number of hydrogen-bond donors (Lipinski definition) is 1. The lowest BCUT2D eigenvalue weighted by Crippen LogP contribution is -2.22. The second-order valence-corrected chi connectivity index (χ2v) is 11.1. The number of sulfonamides is 1. The van der Waals surface area contributed by atoms with E-state index < -0.39 is 21.8 Å². The molecule has 0 amide bonds. The van der Waals surface area contributed by atoms with Crippen molar-refractivity contribution in [2.75, 3.05) is 38.1 Å². The second kappa shape index (κ2) is 8.85. The Balaban J connectivity index is 1.48. The summed E-state index contributed by atoms with van der Waals surface area (Å²) in [6.07, 6.45) is 2.40. The van der Waals surface area contributed by atoms with Gasteiger partial charge in [0, 0.05) is 12.5 Å². The molecule has 2 fully saturated rings. The summed E-state index contributed by atoms with van der Waals surface area (Å²) in [4.78, 5) is 15.0. The molecule has 0 spiro atoms. The summed E-state index contributed by atoms with van der Waals surface area (Å²) in [5, 5.41) is 0. The van der Waals surface area contributed by atoms with Crippen molar-refractivity contribution >= 4 is 21.7 Å². The van der Waals surface area contributed by atoms with Crippen LogP contribution in [-0.4, -0.2) is 52.6 Å². The fourth-order valence-electron chi connectivity index (χ4n) is 5.29. The molecule has 0 radical (unpaired) electrons. The fourth-order valence-corrected chi connectivity index (χ4v) is 6.59. The zero-order valence-electron chi connectivity index (χ0n) is 19.3. The van der Waals surface area contributed by atoms with Crippen LogP contribution in [0.3, 0.4) is 0 Å². The summed E-state index contributed by atoms with van der Waals surface area (Å²) >= 11 is 0. The van der Waals surface area contributed by atoms with E-state index >= 15 is 0 Å². The van der Waals surface area contributed by atoms with Gasteiger partial charge in [0.1, 0.15) is 17.1 Å². The van der Waals surface area contributed by atoms with Gasteiger partial charge in [-0.3, -0.25) is 4.72 Å². The van der Waals surface area contributed by atoms with Crippen LogP contribution in [0.2, 0.25) is 0 Å². The quantitative estimate of drug-likeness (QED) is 0.597. The molecule has 3 atom stereocenters. The third-order valence-electron chi connectivity index (χ3n) is 7.22. The Labute approximate surface area is 199 Å². The number of carbonyl (C=O) groups excluding carboxylic acids is 1. The number of nitrogens with one attached hydrogen (secondary N) is 1. The Hall–Kier alpha value is -2.65. The molecule has 2 aromatic carbocycles. The number of likely N-dealkylation sites (tertiary alicyclic amines) is 1. The minimum Gasteiger partial charge on any atom is -0.492 e. The van der Waals surface area contributed by atoms with E-state index in [2.05, 4.69) is 16.5 Å². The van der Waals surface area contributed by atoms with Gasteiger partial charge < -0.3 is 14.4 Å². The molecule has 7 nitrogen and oxygen atoms in total. The largest absolute Gasteiger partial charge is 0.492 e. The normalized spacial score (nSPS) is 23.6. The number of esters is 1. The van der Waals surface area contributed by atoms with Crippen LogP contribution in [-0.2, 0) is 21.2 Å². The maximum atomic E-state index is 14.1. The molecular weight excluding hydrogens is 459 g/mol. The molecule has 34 heavy (non-hydrogen) atoms. The van der Waals surface area contributed by atoms with Gasteiger partial charge in [-0.05, 0) is 79.6 Å². The van der Waals surface area contributed by atoms with Crippen molar-refractivity contribution in [3.05, 3.63) is 52.8 Å². The molecule has 3 unspecified atom stereocenters. The molecule has 0 aromatic heterocycles. The van der Waals surface area contributed by atoms with Crippen LogP contribution >= 0.6 is 0 Å². The summed E-state index contributed by atoms with van der Waals surface area (Å²) in [7, 11) is -2.86. The van der Waals surface area contributed by atoms with Crippen LogP contribution in [0.4, 0.5) is 10.1 Å². The topological polar surface area (TPSA) is 84.9 Å². The molecular formula is C25H29FN2O5S. The third kappa shape index (κ3) is 4.27. The maximum Gasteiger partial charge on any atom is 0.343 e. The lowest BCUT2D eigenvalue weighted by molar-refractivity contribution is 0.0596. The summed E-state index contributed by atoms with van der Waals surface area (Å²) in [5.41, 5.74) is 1.51. The van der Waals surface area contributed by atoms with E-state index in [1.807, 2.05) is 6.07 Å². The molecule has 0 bridgehead atoms. The summed E-state index contributed by atoms with van der Waals surface area (Å²) in [6.45, 7) is 5.34. The number of halogens is 1. The third-order valence-corrected chi connectivity index (χ3v) is 8.69. The van der Waals surface area contributed by atoms with Gasteiger partial charge in [-0.15, -0.1) is 0 Å². The lowest BCUT2D eigenvalue weighted by atomic mass is 9.98. The second-order valence-electron chi connectivity index (χ2n) is 9.42. The Morgan fingerprint density at radius 3 is 2.85 bits per heavy atom. The highest BCUT2D eigenvalue weighted by molar-refractivity contribution is 7.92. The molecule has 2 aromatic rings. The standard InChI is InChI=1S/C25H29FN2O5S/c1-3-28-9-8-15(13-28)10-16-11-18(26)4-7-22(16)34(30,31)27-21-6-5-19-20-12-17(20)14-33-24(19)23(21)25(29)32-2/h4-7,11,15,17,20,27H,3,8-10,12-14H2,1-2H3. The van der Waals surface area contributed by atoms with Gasteiger partial charge in [-0.1, -0.05) is 13.0 Å². The molecule has 1 aliphatic carbocycles. The molecule has 3 aliphatic rings. The van der Waals surface area contributed by atoms with Gasteiger partial charge in [0.05, 0.1) is 24.3 Å². The molecule has 2 heterocycles. The average molecular weight is 489 g/mol. The highest BCUT2D eigenvalue weighted by Gasteiger charge is 2.45. The van der Waals surface area contributed by atoms with Gasteiger partial charge in [0.15, 0.2) is 0 Å². The summed E-state index contributed by atoms with van der Waals surface area (Å²) < 4.78 is 54.5. The molecule has 5 rings (SSSR count). The first-order valence-corrected chi connectivity index (χ1v) is 13.2. The number of fused-ring (bicyclic) bond motifs is 3. The number of nitrogens with zero attached hydrogens (tertiary/aromatic N) is 1. The smallest absolute Gasteiger partial charge is 0.343 e. The van der Waals surface area contributed by atoms with E-state index in [4.69, 9.17) is 9.47 Å². The van der Waals surface area contributed by atoms with Crippen molar-refractivity contribution in [2.45, 2.75) is 37.0 Å². The van der Waals surface area contributed by atoms with Gasteiger partial charge in [-0.25, -0.2) is 17.6 Å². The zero-order valence-corrected chi connectivity index (χ0v) is 20.2. The molecule has 9 heteroatoms. The Morgan fingerprint density at radius 2 is 2.12 bits per heavy atom. The monoisotopic (exact) mass is 488 g/mol. The Kier molecular flexibility index (Phi) is 6.02. The average Bonchev–Trinajstić information content (AvgIpc) is 3.48. The molecule has 1 saturated heterocycles. The minimum absolute atomic E-state index is 0.0144. The first-order valence-electron chi connectivity index (χ1n) is 11.7. The van der Waals surface area contributed by atoms with E-state index in [9.17, 15) is 17.6 Å². The van der Waals surface area contributed by atoms with Crippen molar-refractivity contribution in [2.24, 2.45) is 11.8 Å². The van der Waals surface area contributed by atoms with Crippen LogP contribution in [0.5, 0.6) is 5.75 Å². The number of ether oxygens (including phenoxy) is 2. The number of carbonyl (C=O) groups is 1. The summed E-state index contributed by atoms with van der Waals surface area (Å²) in [6, 6.07) is 7.14. The van der Waals surface area contributed by atoms with Crippen LogP contribution < -0.4 is 9.46 Å². The highest BCUT2D eigenvalue weighted by Crippen LogP contribution is 2.55. The van der Waals surface area contributed by atoms with E-state index in [0.717, 1.165) is 44.1 Å². The lowest BCUT2D eigenvalue weighted by Gasteiger charge is -2.22. The van der Waals surface area contributed by atoms with Crippen molar-refractivity contribution in [1.29, 1.82) is 0 Å². The first kappa shape index (κ1) is 23.1. The number of anilines is 1. The van der Waals surface area contributed by atoms with Crippen molar-refractivity contribution < 1.29 is 27.1 Å². The van der Waals surface area contributed by atoms with Crippen LogP contribution in [0, 0.1) is 17.7 Å². The number of benzene rings is 2. The molecule has 1 saturated carbocycles. The van der Waals surface area contributed by atoms with Gasteiger partial charge >= 0.3 is 5.97 Å². The van der Waals surface area contributed by atoms with E-state index in [-0.39, 0.29) is 22.1 Å². The predicted molar refractivity (Wildman–Crippen MR) is 125 cm³/mol. The molecule has 1 N–H and O–H groups in total. The summed E-state index contributed by atoms with van der Waals surface area (Å²) in [5.74, 6) is 0.271. The maximum absolute atomic E-state index is 14.1. The van der Waals surface area contributed by atoms with Gasteiger partial charge in [-0.2, -0.15) is 0 Å². The first-order chi connectivity index (χ1) is 16.3. The van der Waals surface area contributed by atoms with Crippen molar-refractivity contribution in [3.63, 3.8) is 0 Å². The van der Waals surface area contributed by atoms with E-state index in [1.54, 1.807) is 6.07 Å². The van der Waals surface area contributed by atoms with Crippen molar-refractivity contribution in [3.8, 4) is 5.75 Å². The minimum atomic E-state index is -4.11. The highest BCUT2D eigenvalue weighted by atomic mass is 32.2. The predicted octanol–water partition coefficient (Wildman–Crippen LogP) is 3.79. The van der Waals surface area contributed by atoms with Crippen molar-refractivity contribution in [1.82, 2.24) is 4.90 Å². The van der Waals surface area contributed by atoms with Crippen LogP contribution in [0.1, 0.15) is 47.2 Å². The Bertz CT molecular complexity index is 1230. The SMILES string of the molecule is CCN1CCC(Cc2cc(F)ccc2S(=O)(=O)Nc2ccc3c(c2C(=O)OC)OCC2CC32)C1. The van der Waals surface area contributed by atoms with Crippen LogP contribution in [0.25, 0.3) is 0 Å². The van der Waals surface area contributed by atoms with E-state index in [1.165, 1.54) is 19.2 Å². The fraction of sp³-hybridized carbons (Fsp3) is 0.480. The van der Waals surface area contributed by atoms with E-state index in [0.29, 0.717) is 36.2 Å². The van der Waals surface area contributed by atoms with Gasteiger partial charge in [0.25, 0.3) is 10.0 Å². The van der Waals surface area contributed by atoms with Gasteiger partial charge in [0.2, 0.25) is 0 Å². The number of methoxy groups -OCH3 is 1. The number of rotatable bonds is 7. The molecule has 182 valence electrons. The Morgan fingerprint density at radius 1 is 1.29 bits per heavy atom.